The van der Waals surface area contributed by atoms with Crippen LogP contribution in [-0.4, -0.2) is 31.2 Å². The van der Waals surface area contributed by atoms with E-state index in [0.29, 0.717) is 12.3 Å². The number of carbonyl (C=O) groups is 2. The van der Waals surface area contributed by atoms with E-state index in [2.05, 4.69) is 10.1 Å². The Kier molecular flexibility index (Phi) is 7.20. The van der Waals surface area contributed by atoms with Crippen molar-refractivity contribution in [1.82, 2.24) is 5.32 Å². The van der Waals surface area contributed by atoms with Gasteiger partial charge >= 0.3 is 6.36 Å². The lowest BCUT2D eigenvalue weighted by Crippen LogP contribution is -2.28. The quantitative estimate of drug-likeness (QED) is 0.544. The predicted octanol–water partition coefficient (Wildman–Crippen LogP) is 4.00. The smallest absolute Gasteiger partial charge is 0.484 e. The molecule has 0 saturated carbocycles. The van der Waals surface area contributed by atoms with Crippen LogP contribution in [0.1, 0.15) is 22.8 Å². The summed E-state index contributed by atoms with van der Waals surface area (Å²) in [6, 6.07) is 11.4. The van der Waals surface area contributed by atoms with Crippen LogP contribution in [0.15, 0.2) is 54.6 Å². The van der Waals surface area contributed by atoms with E-state index in [0.717, 1.165) is 17.7 Å². The number of allylic oxidation sites excluding steroid dienone is 1. The van der Waals surface area contributed by atoms with Crippen LogP contribution in [0, 0.1) is 0 Å². The number of halogens is 3. The number of ketones is 1. The Morgan fingerprint density at radius 1 is 1.00 bits per heavy atom. The zero-order chi connectivity index (χ0) is 20.6. The summed E-state index contributed by atoms with van der Waals surface area (Å²) in [4.78, 5) is 23.4. The fourth-order valence-electron chi connectivity index (χ4n) is 2.16. The molecule has 0 saturated heterocycles. The van der Waals surface area contributed by atoms with Crippen LogP contribution in [0.4, 0.5) is 13.2 Å². The van der Waals surface area contributed by atoms with E-state index in [-0.39, 0.29) is 23.9 Å². The summed E-state index contributed by atoms with van der Waals surface area (Å²) in [6.45, 7) is 2.25. The molecule has 2 rings (SSSR count). The van der Waals surface area contributed by atoms with E-state index in [1.54, 1.807) is 30.3 Å². The van der Waals surface area contributed by atoms with E-state index in [9.17, 15) is 22.8 Å². The molecule has 0 heterocycles. The summed E-state index contributed by atoms with van der Waals surface area (Å²) in [6.07, 6.45) is -1.90. The molecule has 2 aromatic rings. The Morgan fingerprint density at radius 2 is 1.61 bits per heavy atom. The molecular formula is C20H18F3NO4. The first-order valence-electron chi connectivity index (χ1n) is 8.34. The second kappa shape index (κ2) is 9.59. The maximum Gasteiger partial charge on any atom is 0.573 e. The molecule has 8 heteroatoms. The van der Waals surface area contributed by atoms with Crippen LogP contribution in [0.3, 0.4) is 0 Å². The normalized spacial score (nSPS) is 11.3. The maximum atomic E-state index is 12.1. The lowest BCUT2D eigenvalue weighted by Gasteiger charge is -2.08. The first-order chi connectivity index (χ1) is 13.3. The standard InChI is InChI=1S/C20H18F3NO4/c1-2-24-19(26)13-27-16-8-3-14(4-9-16)5-12-18(25)15-6-10-17(11-7-15)28-20(21,22)23/h3-12H,2,13H2,1H3,(H,24,26)/b12-5+. The molecule has 0 radical (unpaired) electrons. The Morgan fingerprint density at radius 3 is 2.18 bits per heavy atom. The van der Waals surface area contributed by atoms with Gasteiger partial charge in [-0.15, -0.1) is 13.2 Å². The van der Waals surface area contributed by atoms with Gasteiger partial charge in [0.15, 0.2) is 12.4 Å². The SMILES string of the molecule is CCNC(=O)COc1ccc(/C=C/C(=O)c2ccc(OC(F)(F)F)cc2)cc1. The Hall–Kier alpha value is -3.29. The van der Waals surface area contributed by atoms with Crippen molar-refractivity contribution in [3.05, 3.63) is 65.7 Å². The van der Waals surface area contributed by atoms with Gasteiger partial charge in [0.2, 0.25) is 0 Å². The predicted molar refractivity (Wildman–Crippen MR) is 97.1 cm³/mol. The molecule has 1 amide bonds. The maximum absolute atomic E-state index is 12.1. The lowest BCUT2D eigenvalue weighted by molar-refractivity contribution is -0.274. The number of ether oxygens (including phenoxy) is 2. The van der Waals surface area contributed by atoms with Crippen molar-refractivity contribution < 1.29 is 32.2 Å². The molecule has 0 aromatic heterocycles. The highest BCUT2D eigenvalue weighted by Crippen LogP contribution is 2.23. The minimum atomic E-state index is -4.78. The first kappa shape index (κ1) is 21.0. The van der Waals surface area contributed by atoms with Crippen molar-refractivity contribution in [2.75, 3.05) is 13.2 Å². The van der Waals surface area contributed by atoms with Crippen molar-refractivity contribution in [1.29, 1.82) is 0 Å². The molecule has 2 aromatic carbocycles. The highest BCUT2D eigenvalue weighted by Gasteiger charge is 2.30. The Bertz CT molecular complexity index is 828. The molecule has 0 unspecified atom stereocenters. The van der Waals surface area contributed by atoms with Gasteiger partial charge < -0.3 is 14.8 Å². The molecule has 0 atom stereocenters. The number of alkyl halides is 3. The summed E-state index contributed by atoms with van der Waals surface area (Å²) >= 11 is 0. The van der Waals surface area contributed by atoms with Crippen LogP contribution in [-0.2, 0) is 4.79 Å². The van der Waals surface area contributed by atoms with Crippen LogP contribution in [0.5, 0.6) is 11.5 Å². The number of likely N-dealkylation sites (N-methyl/N-ethyl adjacent to an activating group) is 1. The zero-order valence-corrected chi connectivity index (χ0v) is 15.0. The van der Waals surface area contributed by atoms with E-state index in [1.807, 2.05) is 6.92 Å². The fraction of sp³-hybridized carbons (Fsp3) is 0.200. The van der Waals surface area contributed by atoms with Crippen molar-refractivity contribution in [3.8, 4) is 11.5 Å². The monoisotopic (exact) mass is 393 g/mol. The number of hydrogen-bond acceptors (Lipinski definition) is 4. The number of amides is 1. The van der Waals surface area contributed by atoms with Crippen molar-refractivity contribution in [2.45, 2.75) is 13.3 Å². The van der Waals surface area contributed by atoms with Crippen LogP contribution in [0.25, 0.3) is 6.08 Å². The number of benzene rings is 2. The van der Waals surface area contributed by atoms with E-state index < -0.39 is 12.1 Å². The second-order valence-corrected chi connectivity index (χ2v) is 5.58. The number of hydrogen-bond donors (Lipinski definition) is 1. The fourth-order valence-corrected chi connectivity index (χ4v) is 2.16. The second-order valence-electron chi connectivity index (χ2n) is 5.58. The number of nitrogens with one attached hydrogen (secondary N) is 1. The van der Waals surface area contributed by atoms with Crippen LogP contribution in [0.2, 0.25) is 0 Å². The van der Waals surface area contributed by atoms with Crippen LogP contribution < -0.4 is 14.8 Å². The van der Waals surface area contributed by atoms with E-state index >= 15 is 0 Å². The zero-order valence-electron chi connectivity index (χ0n) is 15.0. The largest absolute Gasteiger partial charge is 0.573 e. The summed E-state index contributed by atoms with van der Waals surface area (Å²) in [5.41, 5.74) is 0.948. The van der Waals surface area contributed by atoms with Gasteiger partial charge in [-0.3, -0.25) is 9.59 Å². The van der Waals surface area contributed by atoms with Gasteiger partial charge in [-0.2, -0.15) is 0 Å². The molecule has 1 N–H and O–H groups in total. The lowest BCUT2D eigenvalue weighted by atomic mass is 10.1. The summed E-state index contributed by atoms with van der Waals surface area (Å²) in [5, 5.41) is 2.61. The summed E-state index contributed by atoms with van der Waals surface area (Å²) in [5.74, 6) is -0.468. The highest BCUT2D eigenvalue weighted by molar-refractivity contribution is 6.06. The third kappa shape index (κ3) is 7.14. The van der Waals surface area contributed by atoms with E-state index in [4.69, 9.17) is 4.74 Å². The molecule has 0 fully saturated rings. The van der Waals surface area contributed by atoms with Crippen molar-refractivity contribution in [3.63, 3.8) is 0 Å². The van der Waals surface area contributed by atoms with E-state index in [1.165, 1.54) is 18.2 Å². The summed E-state index contributed by atoms with van der Waals surface area (Å²) < 4.78 is 45.5. The van der Waals surface area contributed by atoms with Gasteiger partial charge in [0.05, 0.1) is 0 Å². The minimum absolute atomic E-state index is 0.0877. The molecular weight excluding hydrogens is 375 g/mol. The third-order valence-corrected chi connectivity index (χ3v) is 3.42. The Balaban J connectivity index is 1.92. The molecule has 28 heavy (non-hydrogen) atoms. The minimum Gasteiger partial charge on any atom is -0.484 e. The van der Waals surface area contributed by atoms with Crippen molar-refractivity contribution >= 4 is 17.8 Å². The van der Waals surface area contributed by atoms with Gasteiger partial charge in [-0.05, 0) is 55.0 Å². The van der Waals surface area contributed by atoms with Crippen LogP contribution >= 0.6 is 0 Å². The molecule has 5 nitrogen and oxygen atoms in total. The Labute approximate surface area is 159 Å². The number of rotatable bonds is 8. The van der Waals surface area contributed by atoms with Gasteiger partial charge in [-0.25, -0.2) is 0 Å². The highest BCUT2D eigenvalue weighted by atomic mass is 19.4. The number of carbonyl (C=O) groups excluding carboxylic acids is 2. The molecule has 0 spiro atoms. The molecule has 148 valence electrons. The van der Waals surface area contributed by atoms with Gasteiger partial charge in [0.25, 0.3) is 5.91 Å². The first-order valence-corrected chi connectivity index (χ1v) is 8.34. The molecule has 0 aliphatic rings. The summed E-state index contributed by atoms with van der Waals surface area (Å²) in [7, 11) is 0. The van der Waals surface area contributed by atoms with Gasteiger partial charge in [0.1, 0.15) is 11.5 Å². The third-order valence-electron chi connectivity index (χ3n) is 3.42. The van der Waals surface area contributed by atoms with Crippen molar-refractivity contribution in [2.24, 2.45) is 0 Å². The average molecular weight is 393 g/mol. The average Bonchev–Trinajstić information content (AvgIpc) is 2.65. The van der Waals surface area contributed by atoms with Gasteiger partial charge in [-0.1, -0.05) is 18.2 Å². The molecule has 0 aliphatic carbocycles. The molecule has 0 aliphatic heterocycles. The topological polar surface area (TPSA) is 64.6 Å². The molecule has 0 bridgehead atoms. The van der Waals surface area contributed by atoms with Gasteiger partial charge in [0, 0.05) is 12.1 Å².